The molecule has 1 aliphatic rings. The van der Waals surface area contributed by atoms with Crippen molar-refractivity contribution in [2.24, 2.45) is 0 Å². The molecule has 0 radical (unpaired) electrons. The van der Waals surface area contributed by atoms with Crippen LogP contribution < -0.4 is 9.64 Å². The third-order valence-corrected chi connectivity index (χ3v) is 4.42. The van der Waals surface area contributed by atoms with Gasteiger partial charge in [-0.25, -0.2) is 0 Å². The number of amides is 1. The molecule has 8 nitrogen and oxygen atoms in total. The predicted molar refractivity (Wildman–Crippen MR) is 100 cm³/mol. The van der Waals surface area contributed by atoms with Gasteiger partial charge in [-0.2, -0.15) is 0 Å². The number of para-hydroxylation sites is 3. The van der Waals surface area contributed by atoms with Crippen molar-refractivity contribution in [3.63, 3.8) is 0 Å². The zero-order chi connectivity index (χ0) is 19.5. The van der Waals surface area contributed by atoms with Gasteiger partial charge in [-0.15, -0.1) is 5.10 Å². The molecule has 0 fully saturated rings. The van der Waals surface area contributed by atoms with Crippen LogP contribution in [0, 0.1) is 0 Å². The third-order valence-electron chi connectivity index (χ3n) is 4.42. The lowest BCUT2D eigenvalue weighted by molar-refractivity contribution is -0.140. The number of esters is 1. The molecular formula is C20H18N4O4. The van der Waals surface area contributed by atoms with E-state index in [4.69, 9.17) is 4.74 Å². The van der Waals surface area contributed by atoms with Crippen LogP contribution in [0.4, 0.5) is 5.69 Å². The van der Waals surface area contributed by atoms with E-state index >= 15 is 0 Å². The highest BCUT2D eigenvalue weighted by Crippen LogP contribution is 2.39. The molecule has 8 heteroatoms. The van der Waals surface area contributed by atoms with Gasteiger partial charge in [0.05, 0.1) is 44.1 Å². The molecule has 1 amide bonds. The number of carbonyl (C=O) groups is 2. The van der Waals surface area contributed by atoms with Gasteiger partial charge in [-0.1, -0.05) is 29.5 Å². The van der Waals surface area contributed by atoms with Gasteiger partial charge in [-0.3, -0.25) is 19.2 Å². The molecule has 2 heterocycles. The Balaban J connectivity index is 1.62. The van der Waals surface area contributed by atoms with Crippen LogP contribution in [0.2, 0.25) is 0 Å². The van der Waals surface area contributed by atoms with Crippen molar-refractivity contribution in [2.45, 2.75) is 19.5 Å². The summed E-state index contributed by atoms with van der Waals surface area (Å²) in [4.78, 5) is 26.1. The maximum Gasteiger partial charge on any atom is 0.307 e. The third kappa shape index (κ3) is 3.44. The van der Waals surface area contributed by atoms with E-state index in [1.807, 2.05) is 30.3 Å². The van der Waals surface area contributed by atoms with E-state index in [0.717, 1.165) is 0 Å². The van der Waals surface area contributed by atoms with Crippen molar-refractivity contribution in [2.75, 3.05) is 12.0 Å². The first-order valence-electron chi connectivity index (χ1n) is 8.79. The second-order valence-electron chi connectivity index (χ2n) is 6.26. The fraction of sp³-hybridized carbons (Fsp3) is 0.200. The van der Waals surface area contributed by atoms with Gasteiger partial charge >= 0.3 is 5.97 Å². The largest absolute Gasteiger partial charge is 0.469 e. The van der Waals surface area contributed by atoms with E-state index in [-0.39, 0.29) is 24.8 Å². The summed E-state index contributed by atoms with van der Waals surface area (Å²) in [5, 5.41) is 8.16. The second-order valence-corrected chi connectivity index (χ2v) is 6.26. The number of ether oxygens (including phenoxy) is 2. The molecule has 0 aliphatic carbocycles. The fourth-order valence-electron chi connectivity index (χ4n) is 3.02. The number of hydrogen-bond donors (Lipinski definition) is 0. The number of carbonyl (C=O) groups excluding carboxylic acids is 2. The average Bonchev–Trinajstić information content (AvgIpc) is 3.14. The van der Waals surface area contributed by atoms with Gasteiger partial charge in [0.1, 0.15) is 11.4 Å². The molecular weight excluding hydrogens is 360 g/mol. The maximum absolute atomic E-state index is 13.2. The Labute approximate surface area is 161 Å². The number of benzene rings is 2. The Hall–Kier alpha value is -3.68. The van der Waals surface area contributed by atoms with Crippen LogP contribution in [0.1, 0.15) is 22.5 Å². The Kier molecular flexibility index (Phi) is 4.76. The molecule has 4 rings (SSSR count). The van der Waals surface area contributed by atoms with Crippen molar-refractivity contribution in [3.05, 3.63) is 66.0 Å². The molecule has 1 aromatic heterocycles. The molecule has 0 N–H and O–H groups in total. The summed E-state index contributed by atoms with van der Waals surface area (Å²) in [5.74, 6) is 0.621. The molecule has 0 saturated carbocycles. The number of fused-ring (bicyclic) bond motifs is 2. The molecule has 0 unspecified atom stereocenters. The summed E-state index contributed by atoms with van der Waals surface area (Å²) < 4.78 is 12.2. The van der Waals surface area contributed by atoms with Gasteiger partial charge in [0.25, 0.3) is 5.91 Å². The van der Waals surface area contributed by atoms with E-state index < -0.39 is 0 Å². The van der Waals surface area contributed by atoms with Crippen molar-refractivity contribution in [1.82, 2.24) is 15.0 Å². The van der Waals surface area contributed by atoms with Crippen LogP contribution >= 0.6 is 0 Å². The summed E-state index contributed by atoms with van der Waals surface area (Å²) in [5.41, 5.74) is 1.75. The lowest BCUT2D eigenvalue weighted by Crippen LogP contribution is -2.29. The van der Waals surface area contributed by atoms with Crippen molar-refractivity contribution in [3.8, 4) is 11.5 Å². The predicted octanol–water partition coefficient (Wildman–Crippen LogP) is 2.79. The first-order chi connectivity index (χ1) is 13.7. The smallest absolute Gasteiger partial charge is 0.307 e. The lowest BCUT2D eigenvalue weighted by atomic mass is 10.1. The number of methoxy groups -OCH3 is 1. The monoisotopic (exact) mass is 378 g/mol. The van der Waals surface area contributed by atoms with Gasteiger partial charge < -0.3 is 9.47 Å². The number of anilines is 1. The van der Waals surface area contributed by atoms with Gasteiger partial charge in [-0.05, 0) is 24.3 Å². The van der Waals surface area contributed by atoms with E-state index in [9.17, 15) is 9.59 Å². The van der Waals surface area contributed by atoms with Crippen molar-refractivity contribution >= 4 is 17.6 Å². The summed E-state index contributed by atoms with van der Waals surface area (Å²) >= 11 is 0. The van der Waals surface area contributed by atoms with E-state index in [1.165, 1.54) is 7.11 Å². The Morgan fingerprint density at radius 2 is 1.86 bits per heavy atom. The Morgan fingerprint density at radius 1 is 1.11 bits per heavy atom. The van der Waals surface area contributed by atoms with E-state index in [0.29, 0.717) is 35.0 Å². The molecule has 2 aromatic carbocycles. The minimum Gasteiger partial charge on any atom is -0.469 e. The second kappa shape index (κ2) is 7.51. The highest BCUT2D eigenvalue weighted by atomic mass is 16.5. The molecule has 28 heavy (non-hydrogen) atoms. The molecule has 0 spiro atoms. The summed E-state index contributed by atoms with van der Waals surface area (Å²) in [6, 6.07) is 14.5. The summed E-state index contributed by atoms with van der Waals surface area (Å²) in [6.07, 6.45) is 1.92. The van der Waals surface area contributed by atoms with Crippen LogP contribution in [0.25, 0.3) is 0 Å². The SMILES string of the molecule is COC(=O)CCn1cc(CN2C(=O)c3ccccc3Oc3ccccc32)nn1. The quantitative estimate of drug-likeness (QED) is 0.635. The van der Waals surface area contributed by atoms with Crippen molar-refractivity contribution in [1.29, 1.82) is 0 Å². The molecule has 142 valence electrons. The van der Waals surface area contributed by atoms with Crippen LogP contribution in [0.15, 0.2) is 54.7 Å². The Bertz CT molecular complexity index is 1030. The molecule has 0 bridgehead atoms. The normalized spacial score (nSPS) is 12.6. The molecule has 0 atom stereocenters. The molecule has 3 aromatic rings. The van der Waals surface area contributed by atoms with Gasteiger partial charge in [0.2, 0.25) is 0 Å². The number of aromatic nitrogens is 3. The zero-order valence-electron chi connectivity index (χ0n) is 15.2. The van der Waals surface area contributed by atoms with Crippen LogP contribution in [0.3, 0.4) is 0 Å². The summed E-state index contributed by atoms with van der Waals surface area (Å²) in [7, 11) is 1.34. The number of rotatable bonds is 5. The minimum absolute atomic E-state index is 0.176. The highest BCUT2D eigenvalue weighted by Gasteiger charge is 2.28. The first kappa shape index (κ1) is 17.7. The number of aryl methyl sites for hydroxylation is 1. The van der Waals surface area contributed by atoms with E-state index in [1.54, 1.807) is 34.0 Å². The fourth-order valence-corrected chi connectivity index (χ4v) is 3.02. The molecule has 1 aliphatic heterocycles. The number of nitrogens with zero attached hydrogens (tertiary/aromatic N) is 4. The first-order valence-corrected chi connectivity index (χ1v) is 8.79. The standard InChI is InChI=1S/C20H18N4O4/c1-27-19(25)10-11-23-12-14(21-22-23)13-24-16-7-3-5-9-18(16)28-17-8-4-2-6-15(17)20(24)26/h2-9,12H,10-11,13H2,1H3. The zero-order valence-corrected chi connectivity index (χ0v) is 15.2. The topological polar surface area (TPSA) is 86.5 Å². The van der Waals surface area contributed by atoms with Crippen LogP contribution in [-0.2, 0) is 22.6 Å². The molecule has 0 saturated heterocycles. The van der Waals surface area contributed by atoms with Crippen molar-refractivity contribution < 1.29 is 19.1 Å². The number of hydrogen-bond acceptors (Lipinski definition) is 6. The van der Waals surface area contributed by atoms with Crippen LogP contribution in [0.5, 0.6) is 11.5 Å². The summed E-state index contributed by atoms with van der Waals surface area (Å²) in [6.45, 7) is 0.585. The average molecular weight is 378 g/mol. The maximum atomic E-state index is 13.2. The van der Waals surface area contributed by atoms with Crippen LogP contribution in [-0.4, -0.2) is 34.0 Å². The van der Waals surface area contributed by atoms with E-state index in [2.05, 4.69) is 15.0 Å². The highest BCUT2D eigenvalue weighted by molar-refractivity contribution is 6.09. The van der Waals surface area contributed by atoms with Gasteiger partial charge in [0.15, 0.2) is 5.75 Å². The van der Waals surface area contributed by atoms with Gasteiger partial charge in [0, 0.05) is 0 Å². The lowest BCUT2D eigenvalue weighted by Gasteiger charge is -2.20. The minimum atomic E-state index is -0.317. The Morgan fingerprint density at radius 3 is 2.68 bits per heavy atom.